The van der Waals surface area contributed by atoms with Crippen molar-refractivity contribution < 1.29 is 13.9 Å². The molecular weight excluding hydrogens is 220 g/mol. The summed E-state index contributed by atoms with van der Waals surface area (Å²) < 4.78 is 15.8. The monoisotopic (exact) mass is 236 g/mol. The number of nitrogens with zero attached hydrogens (tertiary/aromatic N) is 1. The minimum atomic E-state index is 0.359. The Kier molecular flexibility index (Phi) is 3.95. The normalized spacial score (nSPS) is 11.1. The van der Waals surface area contributed by atoms with Gasteiger partial charge < -0.3 is 19.6 Å². The molecule has 2 N–H and O–H groups in total. The van der Waals surface area contributed by atoms with Crippen molar-refractivity contribution in [1.82, 2.24) is 4.98 Å². The van der Waals surface area contributed by atoms with Crippen LogP contribution < -0.4 is 5.73 Å². The topological polar surface area (TPSA) is 70.5 Å². The van der Waals surface area contributed by atoms with Gasteiger partial charge in [0.2, 0.25) is 5.89 Å². The average Bonchev–Trinajstić information content (AvgIpc) is 2.73. The molecule has 17 heavy (non-hydrogen) atoms. The average molecular weight is 236 g/mol. The number of rotatable bonds is 6. The van der Waals surface area contributed by atoms with Gasteiger partial charge in [-0.25, -0.2) is 4.98 Å². The molecular formula is C12H16N2O3. The minimum absolute atomic E-state index is 0.359. The van der Waals surface area contributed by atoms with E-state index in [0.29, 0.717) is 42.5 Å². The highest BCUT2D eigenvalue weighted by molar-refractivity contribution is 5.85. The van der Waals surface area contributed by atoms with Crippen LogP contribution in [0.5, 0.6) is 0 Å². The zero-order valence-corrected chi connectivity index (χ0v) is 9.81. The molecule has 0 radical (unpaired) electrons. The largest absolute Gasteiger partial charge is 0.438 e. The first-order valence-electron chi connectivity index (χ1n) is 5.52. The van der Waals surface area contributed by atoms with Crippen LogP contribution in [0.25, 0.3) is 11.1 Å². The Labute approximate surface area is 99.5 Å². The van der Waals surface area contributed by atoms with Gasteiger partial charge in [-0.05, 0) is 18.6 Å². The van der Waals surface area contributed by atoms with Crippen molar-refractivity contribution in [3.63, 3.8) is 0 Å². The van der Waals surface area contributed by atoms with Gasteiger partial charge in [0.15, 0.2) is 5.58 Å². The van der Waals surface area contributed by atoms with Crippen molar-refractivity contribution >= 4 is 16.8 Å². The van der Waals surface area contributed by atoms with Gasteiger partial charge in [0.1, 0.15) is 12.1 Å². The third-order valence-electron chi connectivity index (χ3n) is 2.36. The Hall–Kier alpha value is -1.59. The summed E-state index contributed by atoms with van der Waals surface area (Å²) in [6.07, 6.45) is 0.860. The van der Waals surface area contributed by atoms with E-state index in [1.807, 2.05) is 12.1 Å². The molecule has 0 aliphatic heterocycles. The van der Waals surface area contributed by atoms with Crippen LogP contribution in [0, 0.1) is 0 Å². The van der Waals surface area contributed by atoms with Crippen molar-refractivity contribution in [2.45, 2.75) is 13.0 Å². The number of para-hydroxylation sites is 1. The van der Waals surface area contributed by atoms with E-state index in [1.165, 1.54) is 0 Å². The smallest absolute Gasteiger partial charge is 0.221 e. The summed E-state index contributed by atoms with van der Waals surface area (Å²) in [7, 11) is 1.67. The molecule has 0 unspecified atom stereocenters. The Morgan fingerprint density at radius 1 is 1.35 bits per heavy atom. The third kappa shape index (κ3) is 2.95. The first kappa shape index (κ1) is 11.9. The van der Waals surface area contributed by atoms with Gasteiger partial charge in [-0.2, -0.15) is 0 Å². The van der Waals surface area contributed by atoms with Gasteiger partial charge >= 0.3 is 0 Å². The van der Waals surface area contributed by atoms with E-state index in [1.54, 1.807) is 13.2 Å². The molecule has 1 heterocycles. The number of anilines is 1. The van der Waals surface area contributed by atoms with Gasteiger partial charge in [0.05, 0.1) is 5.69 Å². The molecule has 92 valence electrons. The van der Waals surface area contributed by atoms with Crippen molar-refractivity contribution in [2.24, 2.45) is 0 Å². The molecule has 0 fully saturated rings. The summed E-state index contributed by atoms with van der Waals surface area (Å²) in [5.41, 5.74) is 7.80. The lowest BCUT2D eigenvalue weighted by atomic mass is 10.3. The Balaban J connectivity index is 1.93. The molecule has 0 amide bonds. The summed E-state index contributed by atoms with van der Waals surface area (Å²) in [6.45, 7) is 1.68. The van der Waals surface area contributed by atoms with Gasteiger partial charge in [-0.3, -0.25) is 0 Å². The molecule has 5 heteroatoms. The Morgan fingerprint density at radius 2 is 2.24 bits per heavy atom. The Morgan fingerprint density at radius 3 is 3.00 bits per heavy atom. The molecule has 0 bridgehead atoms. The second-order valence-corrected chi connectivity index (χ2v) is 3.70. The second-order valence-electron chi connectivity index (χ2n) is 3.70. The number of oxazole rings is 1. The van der Waals surface area contributed by atoms with Crippen LogP contribution in [0.3, 0.4) is 0 Å². The minimum Gasteiger partial charge on any atom is -0.438 e. The zero-order chi connectivity index (χ0) is 12.1. The van der Waals surface area contributed by atoms with E-state index >= 15 is 0 Å². The lowest BCUT2D eigenvalue weighted by Gasteiger charge is -1.99. The van der Waals surface area contributed by atoms with Crippen molar-refractivity contribution in [1.29, 1.82) is 0 Å². The molecule has 1 aromatic heterocycles. The van der Waals surface area contributed by atoms with Gasteiger partial charge in [-0.1, -0.05) is 6.07 Å². The standard InChI is InChI=1S/C12H16N2O3/c1-15-6-3-7-16-8-11-14-12-9(13)4-2-5-10(12)17-11/h2,4-5H,3,6-8,13H2,1H3. The Bertz CT molecular complexity index is 482. The maximum atomic E-state index is 5.78. The predicted molar refractivity (Wildman–Crippen MR) is 64.6 cm³/mol. The van der Waals surface area contributed by atoms with E-state index in [4.69, 9.17) is 19.6 Å². The fraction of sp³-hybridized carbons (Fsp3) is 0.417. The number of nitrogen functional groups attached to an aromatic ring is 1. The van der Waals surface area contributed by atoms with Crippen LogP contribution in [-0.2, 0) is 16.1 Å². The zero-order valence-electron chi connectivity index (χ0n) is 9.81. The molecule has 2 aromatic rings. The third-order valence-corrected chi connectivity index (χ3v) is 2.36. The highest BCUT2D eigenvalue weighted by Gasteiger charge is 2.07. The molecule has 0 saturated carbocycles. The molecule has 0 aliphatic carbocycles. The highest BCUT2D eigenvalue weighted by atomic mass is 16.5. The fourth-order valence-electron chi connectivity index (χ4n) is 1.54. The second kappa shape index (κ2) is 5.65. The first-order valence-corrected chi connectivity index (χ1v) is 5.52. The maximum absolute atomic E-state index is 5.78. The van der Waals surface area contributed by atoms with E-state index in [-0.39, 0.29) is 0 Å². The van der Waals surface area contributed by atoms with Crippen LogP contribution in [0.4, 0.5) is 5.69 Å². The van der Waals surface area contributed by atoms with Crippen molar-refractivity contribution in [3.05, 3.63) is 24.1 Å². The summed E-state index contributed by atoms with van der Waals surface area (Å²) >= 11 is 0. The molecule has 1 aromatic carbocycles. The van der Waals surface area contributed by atoms with Crippen LogP contribution in [0.15, 0.2) is 22.6 Å². The lowest BCUT2D eigenvalue weighted by Crippen LogP contribution is -1.99. The van der Waals surface area contributed by atoms with Crippen LogP contribution >= 0.6 is 0 Å². The number of benzene rings is 1. The number of aromatic nitrogens is 1. The van der Waals surface area contributed by atoms with Gasteiger partial charge in [0.25, 0.3) is 0 Å². The van der Waals surface area contributed by atoms with Crippen LogP contribution in [0.2, 0.25) is 0 Å². The van der Waals surface area contributed by atoms with Crippen LogP contribution in [0.1, 0.15) is 12.3 Å². The number of hydrogen-bond donors (Lipinski definition) is 1. The summed E-state index contributed by atoms with van der Waals surface area (Å²) in [4.78, 5) is 4.28. The fourth-order valence-corrected chi connectivity index (χ4v) is 1.54. The molecule has 0 atom stereocenters. The lowest BCUT2D eigenvalue weighted by molar-refractivity contribution is 0.0810. The molecule has 0 spiro atoms. The predicted octanol–water partition coefficient (Wildman–Crippen LogP) is 1.96. The summed E-state index contributed by atoms with van der Waals surface area (Å²) in [5, 5.41) is 0. The molecule has 5 nitrogen and oxygen atoms in total. The van der Waals surface area contributed by atoms with Crippen LogP contribution in [-0.4, -0.2) is 25.3 Å². The van der Waals surface area contributed by atoms with Gasteiger partial charge in [0, 0.05) is 20.3 Å². The maximum Gasteiger partial charge on any atom is 0.221 e. The molecule has 0 saturated heterocycles. The van der Waals surface area contributed by atoms with E-state index in [0.717, 1.165) is 6.42 Å². The van der Waals surface area contributed by atoms with Gasteiger partial charge in [-0.15, -0.1) is 0 Å². The summed E-state index contributed by atoms with van der Waals surface area (Å²) in [6, 6.07) is 5.48. The van der Waals surface area contributed by atoms with E-state index in [9.17, 15) is 0 Å². The van der Waals surface area contributed by atoms with Crippen molar-refractivity contribution in [2.75, 3.05) is 26.1 Å². The van der Waals surface area contributed by atoms with E-state index < -0.39 is 0 Å². The number of ether oxygens (including phenoxy) is 2. The number of fused-ring (bicyclic) bond motifs is 1. The SMILES string of the molecule is COCCCOCc1nc2c(N)cccc2o1. The molecule has 2 rings (SSSR count). The van der Waals surface area contributed by atoms with Crippen molar-refractivity contribution in [3.8, 4) is 0 Å². The highest BCUT2D eigenvalue weighted by Crippen LogP contribution is 2.21. The van der Waals surface area contributed by atoms with E-state index in [2.05, 4.69) is 4.98 Å². The number of nitrogens with two attached hydrogens (primary N) is 1. The molecule has 0 aliphatic rings. The number of hydrogen-bond acceptors (Lipinski definition) is 5. The number of methoxy groups -OCH3 is 1. The quantitative estimate of drug-likeness (QED) is 0.613. The first-order chi connectivity index (χ1) is 8.31. The summed E-state index contributed by atoms with van der Waals surface area (Å²) in [5.74, 6) is 0.551.